The summed E-state index contributed by atoms with van der Waals surface area (Å²) in [5, 5.41) is 28.3. The zero-order chi connectivity index (χ0) is 24.2. The Morgan fingerprint density at radius 1 is 1.09 bits per heavy atom. The Morgan fingerprint density at radius 3 is 2.24 bits per heavy atom. The average molecular weight is 482 g/mol. The van der Waals surface area contributed by atoms with Crippen LogP contribution in [0.2, 0.25) is 0 Å². The zero-order valence-electron chi connectivity index (χ0n) is 17.3. The van der Waals surface area contributed by atoms with E-state index >= 15 is 0 Å². The molecule has 2 N–H and O–H groups in total. The van der Waals surface area contributed by atoms with Crippen molar-refractivity contribution in [1.29, 1.82) is 10.5 Å². The largest absolute Gasteiger partial charge is 0.398 e. The van der Waals surface area contributed by atoms with Gasteiger partial charge in [0.25, 0.3) is 11.6 Å². The molecule has 0 aliphatic rings. The topological polar surface area (TPSA) is 154 Å². The van der Waals surface area contributed by atoms with Crippen molar-refractivity contribution < 1.29 is 14.5 Å². The maximum Gasteiger partial charge on any atom is 0.269 e. The first-order valence-electron chi connectivity index (χ1n) is 9.55. The maximum absolute atomic E-state index is 12.8. The van der Waals surface area contributed by atoms with Crippen LogP contribution in [0.15, 0.2) is 52.3 Å². The Balaban J connectivity index is 2.34. The third-order valence-corrected chi connectivity index (χ3v) is 6.28. The molecule has 0 bridgehead atoms. The van der Waals surface area contributed by atoms with Crippen LogP contribution in [0.25, 0.3) is 6.08 Å². The van der Waals surface area contributed by atoms with E-state index in [9.17, 15) is 19.7 Å². The van der Waals surface area contributed by atoms with Crippen LogP contribution in [-0.4, -0.2) is 28.7 Å². The number of nitrogens with two attached hydrogens (primary N) is 1. The Morgan fingerprint density at radius 2 is 1.70 bits per heavy atom. The summed E-state index contributed by atoms with van der Waals surface area (Å²) >= 11 is 2.64. The quantitative estimate of drug-likeness (QED) is 0.0935. The predicted molar refractivity (Wildman–Crippen MR) is 128 cm³/mol. The summed E-state index contributed by atoms with van der Waals surface area (Å²) in [5.41, 5.74) is 7.37. The molecule has 0 aliphatic heterocycles. The fraction of sp³-hybridized carbons (Fsp3) is 0.182. The highest BCUT2D eigenvalue weighted by Gasteiger charge is 2.19. The van der Waals surface area contributed by atoms with E-state index in [2.05, 4.69) is 0 Å². The number of nitrogen functional groups attached to an aromatic ring is 1. The van der Waals surface area contributed by atoms with Crippen molar-refractivity contribution in [3.63, 3.8) is 0 Å². The highest BCUT2D eigenvalue weighted by Crippen LogP contribution is 2.38. The monoisotopic (exact) mass is 481 g/mol. The molecule has 0 unspecified atom stereocenters. The number of benzene rings is 2. The molecule has 33 heavy (non-hydrogen) atoms. The standard InChI is InChI=1S/C22H19N5O4S2/c23-9-1-11-32-20-14-19(21(13-18(20)25)33-12-2-10-24)26(15-28)22(29)8-5-16-3-6-17(7-4-16)27(30)31/h3-8,13-15H,1-2,11-12,25H2/b8-5+. The molecular formula is C22H19N5O4S2. The number of hydrogen-bond donors (Lipinski definition) is 1. The number of hydrogen-bond acceptors (Lipinski definition) is 9. The molecule has 2 aromatic carbocycles. The van der Waals surface area contributed by atoms with Crippen molar-refractivity contribution in [2.45, 2.75) is 22.6 Å². The number of nitro benzene ring substituents is 1. The third kappa shape index (κ3) is 7.38. The van der Waals surface area contributed by atoms with Crippen molar-refractivity contribution in [1.82, 2.24) is 0 Å². The van der Waals surface area contributed by atoms with Gasteiger partial charge in [-0.2, -0.15) is 10.5 Å². The van der Waals surface area contributed by atoms with Gasteiger partial charge in [0.15, 0.2) is 0 Å². The van der Waals surface area contributed by atoms with Gasteiger partial charge in [0.05, 0.1) is 22.7 Å². The lowest BCUT2D eigenvalue weighted by molar-refractivity contribution is -0.384. The molecule has 0 saturated carbocycles. The Labute approximate surface area is 199 Å². The fourth-order valence-corrected chi connectivity index (χ4v) is 4.35. The van der Waals surface area contributed by atoms with Crippen molar-refractivity contribution >= 4 is 59.0 Å². The van der Waals surface area contributed by atoms with Crippen LogP contribution >= 0.6 is 23.5 Å². The normalized spacial score (nSPS) is 10.4. The minimum Gasteiger partial charge on any atom is -0.398 e. The second kappa shape index (κ2) is 12.9. The number of non-ortho nitro benzene ring substituents is 1. The van der Waals surface area contributed by atoms with E-state index in [0.717, 1.165) is 4.90 Å². The van der Waals surface area contributed by atoms with Gasteiger partial charge in [-0.3, -0.25) is 19.7 Å². The summed E-state index contributed by atoms with van der Waals surface area (Å²) in [6, 6.07) is 13.0. The minimum absolute atomic E-state index is 0.0738. The number of anilines is 2. The molecule has 2 aromatic rings. The van der Waals surface area contributed by atoms with Gasteiger partial charge in [-0.05, 0) is 35.9 Å². The molecule has 0 saturated heterocycles. The summed E-state index contributed by atoms with van der Waals surface area (Å²) in [6.07, 6.45) is 3.62. The number of imide groups is 1. The van der Waals surface area contributed by atoms with E-state index in [1.54, 1.807) is 12.1 Å². The van der Waals surface area contributed by atoms with Crippen LogP contribution in [0.1, 0.15) is 18.4 Å². The lowest BCUT2D eigenvalue weighted by Crippen LogP contribution is -2.28. The molecule has 9 nitrogen and oxygen atoms in total. The van der Waals surface area contributed by atoms with E-state index in [1.807, 2.05) is 12.1 Å². The van der Waals surface area contributed by atoms with Gasteiger partial charge in [0.1, 0.15) is 0 Å². The number of thioether (sulfide) groups is 2. The molecule has 11 heteroatoms. The number of rotatable bonds is 11. The van der Waals surface area contributed by atoms with Gasteiger partial charge in [-0.15, -0.1) is 23.5 Å². The average Bonchev–Trinajstić information content (AvgIpc) is 2.81. The van der Waals surface area contributed by atoms with E-state index in [0.29, 0.717) is 51.1 Å². The fourth-order valence-electron chi connectivity index (χ4n) is 2.59. The van der Waals surface area contributed by atoms with Crippen molar-refractivity contribution in [2.24, 2.45) is 0 Å². The Hall–Kier alpha value is -3.80. The maximum atomic E-state index is 12.8. The first kappa shape index (κ1) is 25.5. The van der Waals surface area contributed by atoms with E-state index in [4.69, 9.17) is 16.3 Å². The first-order chi connectivity index (χ1) is 15.9. The SMILES string of the molecule is N#CCCSc1cc(N(C=O)C(=O)/C=C/c2ccc([N+](=O)[O-])cc2)c(SCCC#N)cc1N. The molecular weight excluding hydrogens is 462 g/mol. The number of amides is 2. The van der Waals surface area contributed by atoms with Crippen LogP contribution in [0.5, 0.6) is 0 Å². The molecule has 2 amide bonds. The smallest absolute Gasteiger partial charge is 0.269 e. The van der Waals surface area contributed by atoms with Gasteiger partial charge in [0, 0.05) is 58.0 Å². The van der Waals surface area contributed by atoms with E-state index < -0.39 is 10.8 Å². The second-order valence-electron chi connectivity index (χ2n) is 6.37. The second-order valence-corrected chi connectivity index (χ2v) is 8.64. The molecule has 0 spiro atoms. The van der Waals surface area contributed by atoms with Crippen molar-refractivity contribution in [3.8, 4) is 12.1 Å². The summed E-state index contributed by atoms with van der Waals surface area (Å²) in [5.74, 6) is 0.322. The molecule has 168 valence electrons. The van der Waals surface area contributed by atoms with Crippen LogP contribution in [0.3, 0.4) is 0 Å². The zero-order valence-corrected chi connectivity index (χ0v) is 19.0. The van der Waals surface area contributed by atoms with Gasteiger partial charge in [0.2, 0.25) is 6.41 Å². The molecule has 0 atom stereocenters. The Bertz CT molecular complexity index is 1140. The van der Waals surface area contributed by atoms with Crippen molar-refractivity contribution in [2.75, 3.05) is 22.1 Å². The molecule has 2 rings (SSSR count). The van der Waals surface area contributed by atoms with Gasteiger partial charge < -0.3 is 5.73 Å². The van der Waals surface area contributed by atoms with Gasteiger partial charge in [-0.1, -0.05) is 0 Å². The number of carbonyl (C=O) groups is 2. The Kier molecular flexibility index (Phi) is 9.96. The van der Waals surface area contributed by atoms with Crippen LogP contribution in [0.4, 0.5) is 17.1 Å². The lowest BCUT2D eigenvalue weighted by Gasteiger charge is -2.20. The number of nitriles is 2. The minimum atomic E-state index is -0.622. The third-order valence-electron chi connectivity index (χ3n) is 4.16. The molecule has 0 fully saturated rings. The van der Waals surface area contributed by atoms with Crippen LogP contribution in [0, 0.1) is 32.8 Å². The summed E-state index contributed by atoms with van der Waals surface area (Å²) in [6.45, 7) is 0. The van der Waals surface area contributed by atoms with E-state index in [1.165, 1.54) is 59.9 Å². The predicted octanol–water partition coefficient (Wildman–Crippen LogP) is 4.39. The number of carbonyl (C=O) groups excluding carboxylic acids is 2. The summed E-state index contributed by atoms with van der Waals surface area (Å²) in [7, 11) is 0. The highest BCUT2D eigenvalue weighted by molar-refractivity contribution is 8.00. The number of nitrogens with zero attached hydrogens (tertiary/aromatic N) is 4. The highest BCUT2D eigenvalue weighted by atomic mass is 32.2. The molecule has 0 aromatic heterocycles. The van der Waals surface area contributed by atoms with Crippen LogP contribution < -0.4 is 10.6 Å². The summed E-state index contributed by atoms with van der Waals surface area (Å²) < 4.78 is 0. The van der Waals surface area contributed by atoms with E-state index in [-0.39, 0.29) is 12.1 Å². The van der Waals surface area contributed by atoms with Gasteiger partial charge >= 0.3 is 0 Å². The molecule has 0 radical (unpaired) electrons. The van der Waals surface area contributed by atoms with Crippen LogP contribution in [-0.2, 0) is 9.59 Å². The van der Waals surface area contributed by atoms with Gasteiger partial charge in [-0.25, -0.2) is 4.90 Å². The number of nitro groups is 1. The van der Waals surface area contributed by atoms with Crippen molar-refractivity contribution in [3.05, 3.63) is 58.2 Å². The first-order valence-corrected chi connectivity index (χ1v) is 11.5. The summed E-state index contributed by atoms with van der Waals surface area (Å²) in [4.78, 5) is 37.1. The molecule has 0 heterocycles. The lowest BCUT2D eigenvalue weighted by atomic mass is 10.2. The molecule has 0 aliphatic carbocycles.